The van der Waals surface area contributed by atoms with Crippen LogP contribution in [0.5, 0.6) is 0 Å². The number of rotatable bonds is 6. The van der Waals surface area contributed by atoms with E-state index in [-0.39, 0.29) is 0 Å². The largest absolute Gasteiger partial charge is 0.310 e. The molecule has 2 nitrogen and oxygen atoms in total. The highest BCUT2D eigenvalue weighted by molar-refractivity contribution is 7.26. The van der Waals surface area contributed by atoms with E-state index in [4.69, 9.17) is 0 Å². The second-order valence-electron chi connectivity index (χ2n) is 12.5. The van der Waals surface area contributed by atoms with Crippen LogP contribution in [-0.2, 0) is 0 Å². The van der Waals surface area contributed by atoms with Gasteiger partial charge in [0.05, 0.1) is 11.4 Å². The Hall–Kier alpha value is -5.94. The van der Waals surface area contributed by atoms with E-state index in [0.717, 1.165) is 22.7 Å². The first-order valence-corrected chi connectivity index (χ1v) is 18.5. The number of hydrogen-bond donors (Lipinski definition) is 0. The van der Waals surface area contributed by atoms with Crippen LogP contribution in [-0.4, -0.2) is 0 Å². The Bertz CT molecular complexity index is 2780. The molecule has 0 bridgehead atoms. The van der Waals surface area contributed by atoms with E-state index in [2.05, 4.69) is 192 Å². The summed E-state index contributed by atoms with van der Waals surface area (Å²) >= 11 is 3.74. The van der Waals surface area contributed by atoms with Crippen molar-refractivity contribution in [3.05, 3.63) is 182 Å². The first kappa shape index (κ1) is 29.0. The summed E-state index contributed by atoms with van der Waals surface area (Å²) in [5.74, 6) is 0. The molecule has 10 aromatic rings. The number of hydrogen-bond acceptors (Lipinski definition) is 4. The van der Waals surface area contributed by atoms with Gasteiger partial charge in [0.15, 0.2) is 0 Å². The molecule has 0 N–H and O–H groups in total. The molecule has 2 aromatic heterocycles. The maximum absolute atomic E-state index is 2.44. The molecule has 0 saturated heterocycles. The van der Waals surface area contributed by atoms with Crippen LogP contribution in [0.15, 0.2) is 182 Å². The molecular weight excluding hydrogens is 645 g/mol. The fourth-order valence-corrected chi connectivity index (χ4v) is 9.78. The first-order valence-electron chi connectivity index (χ1n) is 16.9. The van der Waals surface area contributed by atoms with Gasteiger partial charge in [-0.2, -0.15) is 0 Å². The van der Waals surface area contributed by atoms with Gasteiger partial charge in [0.1, 0.15) is 0 Å². The van der Waals surface area contributed by atoms with Gasteiger partial charge in [-0.3, -0.25) is 0 Å². The van der Waals surface area contributed by atoms with Crippen LogP contribution in [0.3, 0.4) is 0 Å². The van der Waals surface area contributed by atoms with Crippen molar-refractivity contribution in [2.45, 2.75) is 0 Å². The maximum Gasteiger partial charge on any atom is 0.0554 e. The zero-order chi connectivity index (χ0) is 33.0. The molecule has 0 amide bonds. The van der Waals surface area contributed by atoms with Crippen LogP contribution in [0.4, 0.5) is 34.1 Å². The third-order valence-electron chi connectivity index (χ3n) is 9.60. The topological polar surface area (TPSA) is 6.48 Å². The van der Waals surface area contributed by atoms with Crippen molar-refractivity contribution >= 4 is 108 Å². The molecular formula is C46H30N2S2. The van der Waals surface area contributed by atoms with Crippen LogP contribution < -0.4 is 9.80 Å². The number of para-hydroxylation sites is 3. The zero-order valence-corrected chi connectivity index (χ0v) is 28.7. The predicted octanol–water partition coefficient (Wildman–Crippen LogP) is 14.5. The van der Waals surface area contributed by atoms with Gasteiger partial charge in [-0.1, -0.05) is 109 Å². The van der Waals surface area contributed by atoms with Crippen molar-refractivity contribution in [3.63, 3.8) is 0 Å². The average Bonchev–Trinajstić information content (AvgIpc) is 3.75. The quantitative estimate of drug-likeness (QED) is 0.173. The molecule has 0 unspecified atom stereocenters. The number of fused-ring (bicyclic) bond motifs is 8. The fourth-order valence-electron chi connectivity index (χ4n) is 7.46. The smallest absolute Gasteiger partial charge is 0.0554 e. The Balaban J connectivity index is 1.20. The average molecular weight is 675 g/mol. The maximum atomic E-state index is 2.44. The van der Waals surface area contributed by atoms with Crippen LogP contribution in [0.1, 0.15) is 0 Å². The minimum Gasteiger partial charge on any atom is -0.310 e. The van der Waals surface area contributed by atoms with Gasteiger partial charge in [0, 0.05) is 68.5 Å². The van der Waals surface area contributed by atoms with Crippen molar-refractivity contribution in [2.75, 3.05) is 9.80 Å². The monoisotopic (exact) mass is 674 g/mol. The Labute approximate surface area is 298 Å². The Morgan fingerprint density at radius 2 is 0.800 bits per heavy atom. The lowest BCUT2D eigenvalue weighted by Crippen LogP contribution is -2.10. The van der Waals surface area contributed by atoms with Crippen LogP contribution in [0.2, 0.25) is 0 Å². The van der Waals surface area contributed by atoms with Crippen molar-refractivity contribution in [1.29, 1.82) is 0 Å². The van der Waals surface area contributed by atoms with Crippen LogP contribution in [0, 0.1) is 0 Å². The summed E-state index contributed by atoms with van der Waals surface area (Å²) in [5.41, 5.74) is 6.93. The highest BCUT2D eigenvalue weighted by atomic mass is 32.1. The highest BCUT2D eigenvalue weighted by Gasteiger charge is 2.22. The molecule has 10 rings (SSSR count). The minimum absolute atomic E-state index is 1.14. The van der Waals surface area contributed by atoms with Gasteiger partial charge >= 0.3 is 0 Å². The van der Waals surface area contributed by atoms with Gasteiger partial charge < -0.3 is 9.80 Å². The van der Waals surface area contributed by atoms with Gasteiger partial charge in [-0.05, 0) is 78.2 Å². The first-order chi connectivity index (χ1) is 24.8. The molecule has 0 atom stereocenters. The third-order valence-corrected chi connectivity index (χ3v) is 11.8. The molecule has 4 heteroatoms. The summed E-state index contributed by atoms with van der Waals surface area (Å²) in [7, 11) is 0. The lowest BCUT2D eigenvalue weighted by Gasteiger charge is -2.27. The zero-order valence-electron chi connectivity index (χ0n) is 27.0. The molecule has 0 radical (unpaired) electrons. The van der Waals surface area contributed by atoms with E-state index in [0.29, 0.717) is 0 Å². The van der Waals surface area contributed by atoms with Gasteiger partial charge in [0.25, 0.3) is 0 Å². The molecule has 2 heterocycles. The Kier molecular flexibility index (Phi) is 6.90. The van der Waals surface area contributed by atoms with Gasteiger partial charge in [0.2, 0.25) is 0 Å². The molecule has 8 aromatic carbocycles. The summed E-state index contributed by atoms with van der Waals surface area (Å²) in [6.45, 7) is 0. The normalized spacial score (nSPS) is 11.6. The van der Waals surface area contributed by atoms with Crippen LogP contribution >= 0.6 is 22.7 Å². The molecule has 0 aliphatic heterocycles. The predicted molar refractivity (Wildman–Crippen MR) is 219 cm³/mol. The van der Waals surface area contributed by atoms with Crippen molar-refractivity contribution in [2.24, 2.45) is 0 Å². The van der Waals surface area contributed by atoms with E-state index < -0.39 is 0 Å². The van der Waals surface area contributed by atoms with Crippen molar-refractivity contribution in [1.82, 2.24) is 0 Å². The summed E-state index contributed by atoms with van der Waals surface area (Å²) in [4.78, 5) is 4.82. The molecule has 0 spiro atoms. The molecule has 0 aliphatic carbocycles. The summed E-state index contributed by atoms with van der Waals surface area (Å²) < 4.78 is 5.16. The molecule has 0 aliphatic rings. The number of nitrogens with zero attached hydrogens (tertiary/aromatic N) is 2. The molecule has 0 saturated carbocycles. The third kappa shape index (κ3) is 4.68. The second kappa shape index (κ2) is 11.9. The van der Waals surface area contributed by atoms with Crippen molar-refractivity contribution in [3.8, 4) is 0 Å². The Morgan fingerprint density at radius 1 is 0.280 bits per heavy atom. The van der Waals surface area contributed by atoms with E-state index >= 15 is 0 Å². The lowest BCUT2D eigenvalue weighted by molar-refractivity contribution is 1.30. The minimum atomic E-state index is 1.14. The van der Waals surface area contributed by atoms with Crippen LogP contribution in [0.25, 0.3) is 51.1 Å². The summed E-state index contributed by atoms with van der Waals surface area (Å²) in [6.07, 6.45) is 0. The Morgan fingerprint density at radius 3 is 1.48 bits per heavy atom. The van der Waals surface area contributed by atoms with E-state index in [1.807, 2.05) is 22.7 Å². The van der Waals surface area contributed by atoms with E-state index in [1.54, 1.807) is 0 Å². The van der Waals surface area contributed by atoms with Gasteiger partial charge in [-0.25, -0.2) is 0 Å². The second-order valence-corrected chi connectivity index (χ2v) is 14.7. The highest BCUT2D eigenvalue weighted by Crippen LogP contribution is 2.49. The van der Waals surface area contributed by atoms with Crippen molar-refractivity contribution < 1.29 is 0 Å². The molecule has 0 fully saturated rings. The molecule has 50 heavy (non-hydrogen) atoms. The number of benzene rings is 8. The fraction of sp³-hybridized carbons (Fsp3) is 0. The SMILES string of the molecule is c1ccc(N(c2ccc3c(c2)sc2cccc(N(c4ccccc4)c4ccccc4)c23)c2cc3sc4ccccc4c3c3ccccc23)cc1. The summed E-state index contributed by atoms with van der Waals surface area (Å²) in [5, 5.41) is 7.73. The number of anilines is 6. The van der Waals surface area contributed by atoms with E-state index in [9.17, 15) is 0 Å². The summed E-state index contributed by atoms with van der Waals surface area (Å²) in [6, 6.07) is 66.0. The lowest BCUT2D eigenvalue weighted by atomic mass is 10.0. The molecule has 236 valence electrons. The van der Waals surface area contributed by atoms with E-state index in [1.165, 1.54) is 62.5 Å². The standard InChI is InChI=1S/C46H30N2S2/c1-4-15-31(16-5-1)47(32-17-6-2-7-18-32)39-24-14-26-42-46(39)38-28-27-34(29-43(38)50-42)48(33-19-8-3-9-20-33)40-30-44-45(36-22-11-10-21-35(36)40)37-23-12-13-25-41(37)49-44/h1-30H. The number of thiophene rings is 2. The van der Waals surface area contributed by atoms with Gasteiger partial charge in [-0.15, -0.1) is 22.7 Å².